The van der Waals surface area contributed by atoms with Crippen LogP contribution < -0.4 is 5.32 Å². The molecule has 5 nitrogen and oxygen atoms in total. The van der Waals surface area contributed by atoms with Crippen LogP contribution in [0.5, 0.6) is 0 Å². The van der Waals surface area contributed by atoms with E-state index >= 15 is 0 Å². The van der Waals surface area contributed by atoms with Gasteiger partial charge in [-0.05, 0) is 31.9 Å². The van der Waals surface area contributed by atoms with Gasteiger partial charge < -0.3 is 10.1 Å². The first-order valence-corrected chi connectivity index (χ1v) is 8.07. The second-order valence-electron chi connectivity index (χ2n) is 5.64. The number of benzene rings is 1. The fraction of sp³-hybridized carbons (Fsp3) is 0.375. The number of carbonyl (C=O) groups is 2. The first-order chi connectivity index (χ1) is 10.9. The Hall–Kier alpha value is -1.89. The molecule has 1 saturated carbocycles. The van der Waals surface area contributed by atoms with Crippen LogP contribution in [0, 0.1) is 5.82 Å². The molecule has 1 heterocycles. The van der Waals surface area contributed by atoms with E-state index in [0.717, 1.165) is 12.8 Å². The van der Waals surface area contributed by atoms with Gasteiger partial charge in [0.15, 0.2) is 0 Å². The monoisotopic (exact) mass is 382 g/mol. The number of allylic oxidation sites excluding steroid dienone is 1. The fourth-order valence-electron chi connectivity index (χ4n) is 2.87. The summed E-state index contributed by atoms with van der Waals surface area (Å²) in [4.78, 5) is 26.2. The van der Waals surface area contributed by atoms with E-state index in [1.54, 1.807) is 24.0 Å². The number of hydrogen-bond donors (Lipinski definition) is 1. The minimum Gasteiger partial charge on any atom is -0.466 e. The number of halogens is 2. The largest absolute Gasteiger partial charge is 0.466 e. The second kappa shape index (κ2) is 5.96. The molecule has 1 aliphatic heterocycles. The lowest BCUT2D eigenvalue weighted by Gasteiger charge is -2.35. The molecule has 3 rings (SSSR count). The predicted octanol–water partition coefficient (Wildman–Crippen LogP) is 3.26. The number of rotatable bonds is 3. The molecule has 1 aromatic rings. The maximum absolute atomic E-state index is 14.3. The highest BCUT2D eigenvalue weighted by molar-refractivity contribution is 9.10. The molecular weight excluding hydrogens is 367 g/mol. The van der Waals surface area contributed by atoms with Crippen molar-refractivity contribution in [2.75, 3.05) is 7.11 Å². The van der Waals surface area contributed by atoms with Crippen molar-refractivity contribution in [3.8, 4) is 0 Å². The van der Waals surface area contributed by atoms with Gasteiger partial charge in [-0.3, -0.25) is 4.90 Å². The van der Waals surface area contributed by atoms with Gasteiger partial charge in [-0.1, -0.05) is 22.0 Å². The third-order valence-corrected chi connectivity index (χ3v) is 4.61. The van der Waals surface area contributed by atoms with E-state index in [1.807, 2.05) is 0 Å². The molecule has 0 spiro atoms. The molecule has 0 aromatic heterocycles. The number of esters is 1. The Morgan fingerprint density at radius 2 is 2.13 bits per heavy atom. The number of hydrogen-bond acceptors (Lipinski definition) is 3. The Morgan fingerprint density at radius 3 is 2.70 bits per heavy atom. The first kappa shape index (κ1) is 16.0. The van der Waals surface area contributed by atoms with Crippen LogP contribution in [-0.2, 0) is 9.53 Å². The van der Waals surface area contributed by atoms with E-state index in [4.69, 9.17) is 4.74 Å². The van der Waals surface area contributed by atoms with Crippen molar-refractivity contribution in [2.24, 2.45) is 0 Å². The summed E-state index contributed by atoms with van der Waals surface area (Å²) < 4.78 is 19.8. The van der Waals surface area contributed by atoms with Crippen molar-refractivity contribution in [3.63, 3.8) is 0 Å². The minimum atomic E-state index is -0.863. The van der Waals surface area contributed by atoms with Crippen LogP contribution in [0.1, 0.15) is 31.4 Å². The molecule has 0 bridgehead atoms. The summed E-state index contributed by atoms with van der Waals surface area (Å²) in [7, 11) is 1.27. The Kier molecular flexibility index (Phi) is 4.14. The molecule has 23 heavy (non-hydrogen) atoms. The highest BCUT2D eigenvalue weighted by atomic mass is 79.9. The number of nitrogens with zero attached hydrogens (tertiary/aromatic N) is 1. The molecule has 1 aliphatic carbocycles. The van der Waals surface area contributed by atoms with Crippen LogP contribution >= 0.6 is 15.9 Å². The van der Waals surface area contributed by atoms with Crippen LogP contribution in [0.3, 0.4) is 0 Å². The molecule has 1 fully saturated rings. The van der Waals surface area contributed by atoms with Gasteiger partial charge >= 0.3 is 12.0 Å². The van der Waals surface area contributed by atoms with Gasteiger partial charge in [-0.15, -0.1) is 0 Å². The van der Waals surface area contributed by atoms with Crippen LogP contribution in [0.15, 0.2) is 33.9 Å². The maximum atomic E-state index is 14.3. The van der Waals surface area contributed by atoms with E-state index in [0.29, 0.717) is 10.2 Å². The van der Waals surface area contributed by atoms with Crippen molar-refractivity contribution < 1.29 is 18.7 Å². The molecule has 1 aromatic carbocycles. The van der Waals surface area contributed by atoms with E-state index in [1.165, 1.54) is 13.2 Å². The lowest BCUT2D eigenvalue weighted by molar-refractivity contribution is -0.136. The predicted molar refractivity (Wildman–Crippen MR) is 84.9 cm³/mol. The standard InChI is InChI=1S/C16H16BrFN2O3/c1-8-13(15(21)23-2)14(11-6-3-9(17)7-12(11)18)19-16(22)20(8)10-4-5-10/h3,6-7,10,14H,4-5H2,1-2H3,(H,19,22)/t14-/m1/s1. The van der Waals surface area contributed by atoms with E-state index < -0.39 is 17.8 Å². The summed E-state index contributed by atoms with van der Waals surface area (Å²) in [5.74, 6) is -1.07. The highest BCUT2D eigenvalue weighted by Gasteiger charge is 2.43. The van der Waals surface area contributed by atoms with Crippen molar-refractivity contribution in [2.45, 2.75) is 31.8 Å². The first-order valence-electron chi connectivity index (χ1n) is 7.27. The average Bonchev–Trinajstić information content (AvgIpc) is 3.31. The van der Waals surface area contributed by atoms with E-state index in [-0.39, 0.29) is 23.2 Å². The van der Waals surface area contributed by atoms with Gasteiger partial charge in [0.2, 0.25) is 0 Å². The molecule has 0 radical (unpaired) electrons. The molecule has 0 unspecified atom stereocenters. The fourth-order valence-corrected chi connectivity index (χ4v) is 3.21. The SMILES string of the molecule is COC(=O)C1=C(C)N(C2CC2)C(=O)N[C@@H]1c1ccc(Br)cc1F. The zero-order chi connectivity index (χ0) is 16.7. The number of ether oxygens (including phenoxy) is 1. The van der Waals surface area contributed by atoms with Crippen molar-refractivity contribution in [1.82, 2.24) is 10.2 Å². The van der Waals surface area contributed by atoms with Crippen LogP contribution in [-0.4, -0.2) is 30.1 Å². The van der Waals surface area contributed by atoms with Crippen molar-refractivity contribution in [1.29, 1.82) is 0 Å². The lowest BCUT2D eigenvalue weighted by atomic mass is 9.94. The molecular formula is C16H16BrFN2O3. The van der Waals surface area contributed by atoms with E-state index in [9.17, 15) is 14.0 Å². The van der Waals surface area contributed by atoms with E-state index in [2.05, 4.69) is 21.2 Å². The maximum Gasteiger partial charge on any atom is 0.337 e. The summed E-state index contributed by atoms with van der Waals surface area (Å²) in [6.07, 6.45) is 1.80. The summed E-state index contributed by atoms with van der Waals surface area (Å²) in [5, 5.41) is 2.73. The smallest absolute Gasteiger partial charge is 0.337 e. The van der Waals surface area contributed by atoms with Crippen LogP contribution in [0.4, 0.5) is 9.18 Å². The van der Waals surface area contributed by atoms with Gasteiger partial charge in [0.25, 0.3) is 0 Å². The second-order valence-corrected chi connectivity index (χ2v) is 6.56. The quantitative estimate of drug-likeness (QED) is 0.816. The topological polar surface area (TPSA) is 58.6 Å². The van der Waals surface area contributed by atoms with Crippen molar-refractivity contribution >= 4 is 27.9 Å². The molecule has 0 saturated heterocycles. The average molecular weight is 383 g/mol. The molecule has 122 valence electrons. The van der Waals surface area contributed by atoms with Gasteiger partial charge in [0, 0.05) is 21.8 Å². The Bertz CT molecular complexity index is 715. The third kappa shape index (κ3) is 2.85. The molecule has 1 atom stereocenters. The Labute approximate surface area is 141 Å². The van der Waals surface area contributed by atoms with Gasteiger partial charge in [0.1, 0.15) is 5.82 Å². The van der Waals surface area contributed by atoms with Crippen LogP contribution in [0.25, 0.3) is 0 Å². The zero-order valence-electron chi connectivity index (χ0n) is 12.7. The lowest BCUT2D eigenvalue weighted by Crippen LogP contribution is -2.49. The normalized spacial score (nSPS) is 21.3. The summed E-state index contributed by atoms with van der Waals surface area (Å²) >= 11 is 3.20. The van der Waals surface area contributed by atoms with Gasteiger partial charge in [-0.25, -0.2) is 14.0 Å². The van der Waals surface area contributed by atoms with Crippen molar-refractivity contribution in [3.05, 3.63) is 45.3 Å². The van der Waals surface area contributed by atoms with Gasteiger partial charge in [-0.2, -0.15) is 0 Å². The molecule has 2 aliphatic rings. The summed E-state index contributed by atoms with van der Waals surface area (Å²) in [6.45, 7) is 1.70. The number of methoxy groups -OCH3 is 1. The number of carbonyl (C=O) groups excluding carboxylic acids is 2. The highest BCUT2D eigenvalue weighted by Crippen LogP contribution is 2.38. The summed E-state index contributed by atoms with van der Waals surface area (Å²) in [5.41, 5.74) is 1.02. The summed E-state index contributed by atoms with van der Waals surface area (Å²) in [6, 6.07) is 3.45. The Morgan fingerprint density at radius 1 is 1.43 bits per heavy atom. The van der Waals surface area contributed by atoms with Crippen LogP contribution in [0.2, 0.25) is 0 Å². The molecule has 2 amide bonds. The number of amides is 2. The number of urea groups is 1. The number of nitrogens with one attached hydrogen (secondary N) is 1. The Balaban J connectivity index is 2.11. The molecule has 7 heteroatoms. The minimum absolute atomic E-state index is 0.102. The molecule has 1 N–H and O–H groups in total. The third-order valence-electron chi connectivity index (χ3n) is 4.12. The van der Waals surface area contributed by atoms with Gasteiger partial charge in [0.05, 0.1) is 18.7 Å². The zero-order valence-corrected chi connectivity index (χ0v) is 14.3.